The van der Waals surface area contributed by atoms with E-state index in [1.165, 1.54) is 25.7 Å². The Morgan fingerprint density at radius 2 is 1.90 bits per heavy atom. The number of carbonyl (C=O) groups is 2. The standard InChI is InChI=1S/C16H25NO4/c1-2-15(18)20-7-3-4-8-21-16(19)17-11-14-10-12-5-6-13(14)9-12/h2,12-14H,1,3-11H2,(H,17,19). The van der Waals surface area contributed by atoms with Crippen LogP contribution in [0.1, 0.15) is 38.5 Å². The molecule has 1 amide bonds. The zero-order valence-corrected chi connectivity index (χ0v) is 12.5. The van der Waals surface area contributed by atoms with E-state index in [4.69, 9.17) is 9.47 Å². The normalized spacial score (nSPS) is 26.4. The van der Waals surface area contributed by atoms with Crippen LogP contribution in [0.4, 0.5) is 4.79 Å². The lowest BCUT2D eigenvalue weighted by Gasteiger charge is -2.21. The van der Waals surface area contributed by atoms with Crippen LogP contribution in [0, 0.1) is 17.8 Å². The molecule has 0 heterocycles. The first-order chi connectivity index (χ1) is 10.2. The highest BCUT2D eigenvalue weighted by atomic mass is 16.5. The monoisotopic (exact) mass is 295 g/mol. The van der Waals surface area contributed by atoms with Gasteiger partial charge < -0.3 is 14.8 Å². The summed E-state index contributed by atoms with van der Waals surface area (Å²) in [7, 11) is 0. The molecule has 5 heteroatoms. The van der Waals surface area contributed by atoms with Crippen molar-refractivity contribution in [1.82, 2.24) is 5.32 Å². The number of alkyl carbamates (subject to hydrolysis) is 1. The molecule has 2 aliphatic rings. The Balaban J connectivity index is 1.45. The highest BCUT2D eigenvalue weighted by molar-refractivity contribution is 5.81. The van der Waals surface area contributed by atoms with Crippen molar-refractivity contribution in [2.75, 3.05) is 19.8 Å². The fraction of sp³-hybridized carbons (Fsp3) is 0.750. The molecule has 0 aromatic heterocycles. The maximum absolute atomic E-state index is 11.6. The number of hydrogen-bond donors (Lipinski definition) is 1. The Morgan fingerprint density at radius 1 is 1.14 bits per heavy atom. The van der Waals surface area contributed by atoms with Crippen LogP contribution in [0.25, 0.3) is 0 Å². The molecule has 2 rings (SSSR count). The van der Waals surface area contributed by atoms with Gasteiger partial charge in [-0.3, -0.25) is 0 Å². The van der Waals surface area contributed by atoms with Crippen molar-refractivity contribution >= 4 is 12.1 Å². The maximum atomic E-state index is 11.6. The van der Waals surface area contributed by atoms with Gasteiger partial charge in [0.05, 0.1) is 13.2 Å². The molecule has 0 radical (unpaired) electrons. The SMILES string of the molecule is C=CC(=O)OCCCCOC(=O)NCC1CC2CCC1C2. The first-order valence-electron chi connectivity index (χ1n) is 7.89. The summed E-state index contributed by atoms with van der Waals surface area (Å²) >= 11 is 0. The molecule has 0 aliphatic heterocycles. The second kappa shape index (κ2) is 8.05. The predicted octanol–water partition coefficient (Wildman–Crippen LogP) is 2.66. The van der Waals surface area contributed by atoms with Crippen molar-refractivity contribution in [3.63, 3.8) is 0 Å². The first-order valence-corrected chi connectivity index (χ1v) is 7.89. The van der Waals surface area contributed by atoms with Crippen molar-refractivity contribution in [3.05, 3.63) is 12.7 Å². The van der Waals surface area contributed by atoms with Crippen LogP contribution in [0.15, 0.2) is 12.7 Å². The van der Waals surface area contributed by atoms with Crippen LogP contribution in [0.2, 0.25) is 0 Å². The number of amides is 1. The predicted molar refractivity (Wildman–Crippen MR) is 78.7 cm³/mol. The lowest BCUT2D eigenvalue weighted by Crippen LogP contribution is -2.32. The van der Waals surface area contributed by atoms with Gasteiger partial charge in [0.25, 0.3) is 0 Å². The van der Waals surface area contributed by atoms with Gasteiger partial charge in [0.1, 0.15) is 0 Å². The molecule has 0 aromatic carbocycles. The van der Waals surface area contributed by atoms with Crippen molar-refractivity contribution in [1.29, 1.82) is 0 Å². The Labute approximate surface area is 126 Å². The van der Waals surface area contributed by atoms with Crippen molar-refractivity contribution < 1.29 is 19.1 Å². The summed E-state index contributed by atoms with van der Waals surface area (Å²) in [4.78, 5) is 22.3. The molecule has 2 saturated carbocycles. The number of hydrogen-bond acceptors (Lipinski definition) is 4. The molecule has 118 valence electrons. The number of ether oxygens (including phenoxy) is 2. The van der Waals surface area contributed by atoms with Crippen LogP contribution in [-0.2, 0) is 14.3 Å². The molecule has 0 aromatic rings. The van der Waals surface area contributed by atoms with E-state index in [1.54, 1.807) is 0 Å². The Hall–Kier alpha value is -1.52. The number of rotatable bonds is 8. The largest absolute Gasteiger partial charge is 0.463 e. The van der Waals surface area contributed by atoms with E-state index >= 15 is 0 Å². The van der Waals surface area contributed by atoms with E-state index in [9.17, 15) is 9.59 Å². The van der Waals surface area contributed by atoms with Crippen LogP contribution < -0.4 is 5.32 Å². The molecule has 2 bridgehead atoms. The minimum atomic E-state index is -0.417. The van der Waals surface area contributed by atoms with Gasteiger partial charge in [-0.25, -0.2) is 9.59 Å². The van der Waals surface area contributed by atoms with Crippen LogP contribution in [0.5, 0.6) is 0 Å². The van der Waals surface area contributed by atoms with Gasteiger partial charge in [-0.05, 0) is 49.9 Å². The maximum Gasteiger partial charge on any atom is 0.407 e. The van der Waals surface area contributed by atoms with Gasteiger partial charge in [-0.1, -0.05) is 13.0 Å². The average Bonchev–Trinajstić information content (AvgIpc) is 3.11. The second-order valence-electron chi connectivity index (χ2n) is 6.03. The molecule has 2 fully saturated rings. The third kappa shape index (κ3) is 5.06. The fourth-order valence-corrected chi connectivity index (χ4v) is 3.49. The molecule has 1 N–H and O–H groups in total. The summed E-state index contributed by atoms with van der Waals surface area (Å²) in [5, 5.41) is 2.87. The molecule has 21 heavy (non-hydrogen) atoms. The summed E-state index contributed by atoms with van der Waals surface area (Å²) < 4.78 is 9.93. The molecule has 3 unspecified atom stereocenters. The molecule has 2 aliphatic carbocycles. The van der Waals surface area contributed by atoms with E-state index in [0.29, 0.717) is 32.0 Å². The van der Waals surface area contributed by atoms with Gasteiger partial charge in [0, 0.05) is 12.6 Å². The molecular formula is C16H25NO4. The molecule has 0 spiro atoms. The summed E-state index contributed by atoms with van der Waals surface area (Å²) in [6.45, 7) is 4.75. The molecule has 0 saturated heterocycles. The van der Waals surface area contributed by atoms with Crippen molar-refractivity contribution in [2.24, 2.45) is 17.8 Å². The zero-order chi connectivity index (χ0) is 15.1. The van der Waals surface area contributed by atoms with E-state index in [0.717, 1.165) is 24.5 Å². The molecule has 3 atom stereocenters. The second-order valence-corrected chi connectivity index (χ2v) is 6.03. The summed E-state index contributed by atoms with van der Waals surface area (Å²) in [6, 6.07) is 0. The lowest BCUT2D eigenvalue weighted by molar-refractivity contribution is -0.137. The Kier molecular flexibility index (Phi) is 6.08. The lowest BCUT2D eigenvalue weighted by atomic mass is 9.89. The van der Waals surface area contributed by atoms with E-state index in [-0.39, 0.29) is 6.09 Å². The van der Waals surface area contributed by atoms with Crippen LogP contribution >= 0.6 is 0 Å². The number of unbranched alkanes of at least 4 members (excludes halogenated alkanes) is 1. The van der Waals surface area contributed by atoms with Crippen molar-refractivity contribution in [2.45, 2.75) is 38.5 Å². The van der Waals surface area contributed by atoms with E-state index in [1.807, 2.05) is 0 Å². The topological polar surface area (TPSA) is 64.6 Å². The zero-order valence-electron chi connectivity index (χ0n) is 12.5. The smallest absolute Gasteiger partial charge is 0.407 e. The highest BCUT2D eigenvalue weighted by Crippen LogP contribution is 2.47. The van der Waals surface area contributed by atoms with Gasteiger partial charge in [-0.15, -0.1) is 0 Å². The summed E-state index contributed by atoms with van der Waals surface area (Å²) in [5.74, 6) is 1.94. The van der Waals surface area contributed by atoms with Gasteiger partial charge in [0.15, 0.2) is 0 Å². The highest BCUT2D eigenvalue weighted by Gasteiger charge is 2.39. The Bertz CT molecular complexity index is 382. The van der Waals surface area contributed by atoms with Crippen LogP contribution in [0.3, 0.4) is 0 Å². The summed E-state index contributed by atoms with van der Waals surface area (Å²) in [6.07, 6.45) is 7.49. The van der Waals surface area contributed by atoms with Crippen LogP contribution in [-0.4, -0.2) is 31.8 Å². The average molecular weight is 295 g/mol. The number of nitrogens with one attached hydrogen (secondary N) is 1. The molecule has 5 nitrogen and oxygen atoms in total. The fourth-order valence-electron chi connectivity index (χ4n) is 3.49. The Morgan fingerprint density at radius 3 is 2.52 bits per heavy atom. The third-order valence-corrected chi connectivity index (χ3v) is 4.58. The number of fused-ring (bicyclic) bond motifs is 2. The van der Waals surface area contributed by atoms with E-state index < -0.39 is 5.97 Å². The quantitative estimate of drug-likeness (QED) is 0.425. The van der Waals surface area contributed by atoms with E-state index in [2.05, 4.69) is 11.9 Å². The minimum absolute atomic E-state index is 0.333. The van der Waals surface area contributed by atoms with Gasteiger partial charge in [-0.2, -0.15) is 0 Å². The van der Waals surface area contributed by atoms with Crippen molar-refractivity contribution in [3.8, 4) is 0 Å². The molecular weight excluding hydrogens is 270 g/mol. The van der Waals surface area contributed by atoms with Gasteiger partial charge >= 0.3 is 12.1 Å². The number of esters is 1. The number of carbonyl (C=O) groups excluding carboxylic acids is 2. The minimum Gasteiger partial charge on any atom is -0.463 e. The summed E-state index contributed by atoms with van der Waals surface area (Å²) in [5.41, 5.74) is 0. The third-order valence-electron chi connectivity index (χ3n) is 4.58. The van der Waals surface area contributed by atoms with Gasteiger partial charge in [0.2, 0.25) is 0 Å². The first kappa shape index (κ1) is 15.9.